The Kier molecular flexibility index (Phi) is 11.5. The zero-order valence-electron chi connectivity index (χ0n) is 28.4. The second-order valence-corrected chi connectivity index (χ2v) is 14.5. The summed E-state index contributed by atoms with van der Waals surface area (Å²) in [6.07, 6.45) is 3.91. The third-order valence-corrected chi connectivity index (χ3v) is 10.8. The van der Waals surface area contributed by atoms with E-state index in [1.165, 1.54) is 43.2 Å². The molecule has 0 unspecified atom stereocenters. The van der Waals surface area contributed by atoms with E-state index in [9.17, 15) is 28.1 Å². The van der Waals surface area contributed by atoms with Crippen molar-refractivity contribution in [3.8, 4) is 5.75 Å². The standard InChI is InChI=1S/C38H42N4O7S/c1-27-10-9-13-30(22-27)25-40(36(23-29-11-5-4-6-12-29)38(44)39-31-14-7-8-15-31)37(43)26-41(32-17-19-33(49-3)20-18-32)50(47,48)34-21-16-28(2)35(24-34)42(45)46/h4-6,9-13,16-22,24,31,36H,7-8,14-15,23,25-26H2,1-3H3,(H,39,44)/t36-/m0/s1. The summed E-state index contributed by atoms with van der Waals surface area (Å²) in [4.78, 5) is 41.1. The molecule has 0 aromatic heterocycles. The van der Waals surface area contributed by atoms with E-state index in [1.807, 2.05) is 61.5 Å². The van der Waals surface area contributed by atoms with Crippen molar-refractivity contribution >= 4 is 33.2 Å². The number of sulfonamides is 1. The zero-order chi connectivity index (χ0) is 35.8. The topological polar surface area (TPSA) is 139 Å². The van der Waals surface area contributed by atoms with E-state index in [0.29, 0.717) is 11.3 Å². The Labute approximate surface area is 293 Å². The van der Waals surface area contributed by atoms with Crippen molar-refractivity contribution in [3.05, 3.63) is 129 Å². The zero-order valence-corrected chi connectivity index (χ0v) is 29.3. The lowest BCUT2D eigenvalue weighted by Gasteiger charge is -2.34. The maximum Gasteiger partial charge on any atom is 0.273 e. The number of hydrogen-bond acceptors (Lipinski definition) is 7. The molecule has 1 N–H and O–H groups in total. The number of nitro groups is 1. The van der Waals surface area contributed by atoms with E-state index in [2.05, 4.69) is 5.32 Å². The summed E-state index contributed by atoms with van der Waals surface area (Å²) >= 11 is 0. The van der Waals surface area contributed by atoms with Gasteiger partial charge in [-0.25, -0.2) is 8.42 Å². The van der Waals surface area contributed by atoms with Gasteiger partial charge in [-0.3, -0.25) is 24.0 Å². The van der Waals surface area contributed by atoms with Crippen LogP contribution in [-0.2, 0) is 32.6 Å². The van der Waals surface area contributed by atoms with Gasteiger partial charge in [0.1, 0.15) is 18.3 Å². The average Bonchev–Trinajstić information content (AvgIpc) is 3.62. The molecule has 5 rings (SSSR count). The fourth-order valence-electron chi connectivity index (χ4n) is 6.28. The number of methoxy groups -OCH3 is 1. The lowest BCUT2D eigenvalue weighted by atomic mass is 10.0. The van der Waals surface area contributed by atoms with Gasteiger partial charge < -0.3 is 15.0 Å². The van der Waals surface area contributed by atoms with Crippen LogP contribution in [0.2, 0.25) is 0 Å². The normalized spacial score (nSPS) is 13.7. The molecule has 0 spiro atoms. The number of carbonyl (C=O) groups excluding carboxylic acids is 2. The van der Waals surface area contributed by atoms with Gasteiger partial charge in [0.25, 0.3) is 15.7 Å². The minimum Gasteiger partial charge on any atom is -0.497 e. The van der Waals surface area contributed by atoms with Crippen LogP contribution < -0.4 is 14.4 Å². The molecule has 0 saturated heterocycles. The van der Waals surface area contributed by atoms with Gasteiger partial charge in [-0.05, 0) is 68.1 Å². The third-order valence-electron chi connectivity index (χ3n) is 9.01. The Hall–Kier alpha value is -5.23. The first-order chi connectivity index (χ1) is 24.0. The fourth-order valence-corrected chi connectivity index (χ4v) is 7.71. The van der Waals surface area contributed by atoms with Crippen LogP contribution in [0.15, 0.2) is 102 Å². The van der Waals surface area contributed by atoms with Crippen LogP contribution in [0.3, 0.4) is 0 Å². The molecular formula is C38H42N4O7S. The Morgan fingerprint density at radius 2 is 1.60 bits per heavy atom. The second-order valence-electron chi connectivity index (χ2n) is 12.6. The van der Waals surface area contributed by atoms with Crippen molar-refractivity contribution < 1.29 is 27.7 Å². The highest BCUT2D eigenvalue weighted by atomic mass is 32.2. The van der Waals surface area contributed by atoms with Crippen LogP contribution in [0.5, 0.6) is 5.75 Å². The number of nitrogens with one attached hydrogen (secondary N) is 1. The molecule has 262 valence electrons. The Bertz CT molecular complexity index is 1930. The molecule has 0 aliphatic heterocycles. The molecule has 0 heterocycles. The van der Waals surface area contributed by atoms with Gasteiger partial charge in [-0.2, -0.15) is 0 Å². The Morgan fingerprint density at radius 3 is 2.24 bits per heavy atom. The number of hydrogen-bond donors (Lipinski definition) is 1. The van der Waals surface area contributed by atoms with Crippen LogP contribution in [0.1, 0.15) is 47.9 Å². The van der Waals surface area contributed by atoms with Crippen LogP contribution in [0.25, 0.3) is 0 Å². The molecule has 12 heteroatoms. The van der Waals surface area contributed by atoms with Gasteiger partial charge in [0.15, 0.2) is 0 Å². The van der Waals surface area contributed by atoms with Crippen molar-refractivity contribution in [1.29, 1.82) is 0 Å². The fraction of sp³-hybridized carbons (Fsp3) is 0.316. The minimum absolute atomic E-state index is 0.00908. The van der Waals surface area contributed by atoms with Gasteiger partial charge in [0, 0.05) is 30.6 Å². The number of aryl methyl sites for hydroxylation is 2. The first-order valence-corrected chi connectivity index (χ1v) is 18.0. The first-order valence-electron chi connectivity index (χ1n) is 16.6. The molecule has 4 aromatic carbocycles. The molecule has 0 bridgehead atoms. The van der Waals surface area contributed by atoms with E-state index < -0.39 is 33.4 Å². The van der Waals surface area contributed by atoms with Crippen LogP contribution >= 0.6 is 0 Å². The predicted molar refractivity (Wildman–Crippen MR) is 191 cm³/mol. The molecule has 0 radical (unpaired) electrons. The number of anilines is 1. The van der Waals surface area contributed by atoms with Crippen molar-refractivity contribution in [3.63, 3.8) is 0 Å². The van der Waals surface area contributed by atoms with Gasteiger partial charge in [0.2, 0.25) is 11.8 Å². The lowest BCUT2D eigenvalue weighted by molar-refractivity contribution is -0.385. The van der Waals surface area contributed by atoms with Crippen LogP contribution in [0, 0.1) is 24.0 Å². The summed E-state index contributed by atoms with van der Waals surface area (Å²) in [6, 6.07) is 25.8. The van der Waals surface area contributed by atoms with E-state index in [0.717, 1.165) is 52.7 Å². The SMILES string of the molecule is COc1ccc(N(CC(=O)N(Cc2cccc(C)c2)[C@@H](Cc2ccccc2)C(=O)NC2CCCC2)S(=O)(=O)c2ccc(C)c([N+](=O)[O-])c2)cc1. The van der Waals surface area contributed by atoms with Gasteiger partial charge in [-0.1, -0.05) is 79.1 Å². The summed E-state index contributed by atoms with van der Waals surface area (Å²) in [5.41, 5.74) is 2.66. The molecule has 50 heavy (non-hydrogen) atoms. The van der Waals surface area contributed by atoms with E-state index in [4.69, 9.17) is 4.74 Å². The summed E-state index contributed by atoms with van der Waals surface area (Å²) < 4.78 is 35.0. The quantitative estimate of drug-likeness (QED) is 0.124. The van der Waals surface area contributed by atoms with Crippen LogP contribution in [0.4, 0.5) is 11.4 Å². The highest BCUT2D eigenvalue weighted by Gasteiger charge is 2.36. The second kappa shape index (κ2) is 16.0. The molecule has 1 atom stereocenters. The van der Waals surface area contributed by atoms with Crippen LogP contribution in [-0.4, -0.2) is 55.8 Å². The van der Waals surface area contributed by atoms with Crippen molar-refractivity contribution in [2.75, 3.05) is 18.0 Å². The van der Waals surface area contributed by atoms with E-state index in [-0.39, 0.29) is 41.2 Å². The number of benzene rings is 4. The number of rotatable bonds is 14. The Morgan fingerprint density at radius 1 is 0.920 bits per heavy atom. The number of nitro benzene ring substituents is 1. The number of ether oxygens (including phenoxy) is 1. The van der Waals surface area contributed by atoms with E-state index >= 15 is 0 Å². The smallest absolute Gasteiger partial charge is 0.273 e. The number of carbonyl (C=O) groups is 2. The highest BCUT2D eigenvalue weighted by molar-refractivity contribution is 7.92. The molecule has 1 aliphatic carbocycles. The maximum atomic E-state index is 14.7. The molecule has 1 saturated carbocycles. The largest absolute Gasteiger partial charge is 0.497 e. The van der Waals surface area contributed by atoms with Crippen molar-refractivity contribution in [1.82, 2.24) is 10.2 Å². The van der Waals surface area contributed by atoms with Crippen molar-refractivity contribution in [2.24, 2.45) is 0 Å². The first kappa shape index (κ1) is 36.1. The molecule has 2 amide bonds. The predicted octanol–water partition coefficient (Wildman–Crippen LogP) is 6.11. The third kappa shape index (κ3) is 8.67. The molecule has 1 fully saturated rings. The summed E-state index contributed by atoms with van der Waals surface area (Å²) in [7, 11) is -3.06. The summed E-state index contributed by atoms with van der Waals surface area (Å²) in [5.74, 6) is -0.458. The lowest BCUT2D eigenvalue weighted by Crippen LogP contribution is -2.54. The average molecular weight is 699 g/mol. The maximum absolute atomic E-state index is 14.7. The molecule has 1 aliphatic rings. The Balaban J connectivity index is 1.59. The molecular weight excluding hydrogens is 657 g/mol. The van der Waals surface area contributed by atoms with Crippen molar-refractivity contribution in [2.45, 2.75) is 69.5 Å². The summed E-state index contributed by atoms with van der Waals surface area (Å²) in [5, 5.41) is 14.9. The molecule has 11 nitrogen and oxygen atoms in total. The summed E-state index contributed by atoms with van der Waals surface area (Å²) in [6.45, 7) is 2.82. The number of amides is 2. The monoisotopic (exact) mass is 698 g/mol. The minimum atomic E-state index is -4.54. The molecule has 4 aromatic rings. The highest BCUT2D eigenvalue weighted by Crippen LogP contribution is 2.30. The van der Waals surface area contributed by atoms with Gasteiger partial charge in [0.05, 0.1) is 22.6 Å². The van der Waals surface area contributed by atoms with Gasteiger partial charge in [-0.15, -0.1) is 0 Å². The van der Waals surface area contributed by atoms with Gasteiger partial charge >= 0.3 is 0 Å². The number of nitrogens with zero attached hydrogens (tertiary/aromatic N) is 3. The van der Waals surface area contributed by atoms with E-state index in [1.54, 1.807) is 12.1 Å².